The SMILES string of the molecule is C#Cc1cc2c(cc1-c1cccc(OC(F)(F)F)c1)OCO2. The van der Waals surface area contributed by atoms with E-state index in [4.69, 9.17) is 15.9 Å². The van der Waals surface area contributed by atoms with Gasteiger partial charge in [-0.25, -0.2) is 0 Å². The Hall–Kier alpha value is -2.81. The first kappa shape index (κ1) is 14.1. The maximum absolute atomic E-state index is 12.3. The summed E-state index contributed by atoms with van der Waals surface area (Å²) in [6.07, 6.45) is 0.717. The Balaban J connectivity index is 2.05. The molecule has 6 heteroatoms. The van der Waals surface area contributed by atoms with Gasteiger partial charge in [-0.3, -0.25) is 0 Å². The standard InChI is InChI=1S/C16H9F3O3/c1-2-10-7-14-15(21-9-20-14)8-13(10)11-4-3-5-12(6-11)22-16(17,18)19/h1,3-8H,9H2. The summed E-state index contributed by atoms with van der Waals surface area (Å²) in [6, 6.07) is 8.85. The Labute approximate surface area is 124 Å². The van der Waals surface area contributed by atoms with Crippen molar-refractivity contribution in [2.24, 2.45) is 0 Å². The van der Waals surface area contributed by atoms with Crippen LogP contribution in [0.1, 0.15) is 5.56 Å². The van der Waals surface area contributed by atoms with Crippen LogP contribution in [0.15, 0.2) is 36.4 Å². The molecule has 0 fully saturated rings. The number of benzene rings is 2. The number of fused-ring (bicyclic) bond motifs is 1. The molecule has 2 aromatic carbocycles. The van der Waals surface area contributed by atoms with Crippen molar-refractivity contribution >= 4 is 0 Å². The summed E-state index contributed by atoms with van der Waals surface area (Å²) in [4.78, 5) is 0. The zero-order chi connectivity index (χ0) is 15.7. The third-order valence-corrected chi connectivity index (χ3v) is 3.05. The molecule has 0 atom stereocenters. The second-order valence-corrected chi connectivity index (χ2v) is 4.47. The summed E-state index contributed by atoms with van der Waals surface area (Å²) in [5.41, 5.74) is 1.56. The molecule has 0 radical (unpaired) electrons. The fraction of sp³-hybridized carbons (Fsp3) is 0.125. The number of ether oxygens (including phenoxy) is 3. The minimum Gasteiger partial charge on any atom is -0.454 e. The first-order valence-corrected chi connectivity index (χ1v) is 6.23. The molecule has 0 unspecified atom stereocenters. The molecule has 0 aromatic heterocycles. The van der Waals surface area contributed by atoms with Gasteiger partial charge in [0, 0.05) is 17.2 Å². The summed E-state index contributed by atoms with van der Waals surface area (Å²) in [5.74, 6) is 3.19. The molecule has 1 heterocycles. The third kappa shape index (κ3) is 2.79. The minimum atomic E-state index is -4.75. The van der Waals surface area contributed by atoms with Gasteiger partial charge in [-0.2, -0.15) is 0 Å². The zero-order valence-corrected chi connectivity index (χ0v) is 11.1. The molecule has 22 heavy (non-hydrogen) atoms. The predicted octanol–water partition coefficient (Wildman–Crippen LogP) is 3.96. The Bertz CT molecular complexity index is 760. The highest BCUT2D eigenvalue weighted by atomic mass is 19.4. The van der Waals surface area contributed by atoms with Crippen LogP contribution >= 0.6 is 0 Å². The van der Waals surface area contributed by atoms with Crippen LogP contribution in [0, 0.1) is 12.3 Å². The fourth-order valence-corrected chi connectivity index (χ4v) is 2.16. The molecule has 0 saturated heterocycles. The van der Waals surface area contributed by atoms with Crippen molar-refractivity contribution in [2.75, 3.05) is 6.79 Å². The number of rotatable bonds is 2. The van der Waals surface area contributed by atoms with E-state index >= 15 is 0 Å². The van der Waals surface area contributed by atoms with E-state index in [0.717, 1.165) is 0 Å². The van der Waals surface area contributed by atoms with E-state index in [9.17, 15) is 13.2 Å². The topological polar surface area (TPSA) is 27.7 Å². The maximum atomic E-state index is 12.3. The van der Waals surface area contributed by atoms with Gasteiger partial charge >= 0.3 is 6.36 Å². The van der Waals surface area contributed by atoms with Crippen molar-refractivity contribution < 1.29 is 27.4 Å². The van der Waals surface area contributed by atoms with E-state index < -0.39 is 6.36 Å². The molecule has 3 nitrogen and oxygen atoms in total. The van der Waals surface area contributed by atoms with Crippen LogP contribution < -0.4 is 14.2 Å². The number of terminal acetylenes is 1. The summed E-state index contributed by atoms with van der Waals surface area (Å²) in [6.45, 7) is 0.0834. The second kappa shape index (κ2) is 5.19. The monoisotopic (exact) mass is 306 g/mol. The molecular formula is C16H9F3O3. The minimum absolute atomic E-state index is 0.0834. The van der Waals surface area contributed by atoms with Crippen molar-refractivity contribution in [1.29, 1.82) is 0 Å². The third-order valence-electron chi connectivity index (χ3n) is 3.05. The molecule has 0 spiro atoms. The zero-order valence-electron chi connectivity index (χ0n) is 11.1. The van der Waals surface area contributed by atoms with E-state index in [0.29, 0.717) is 28.2 Å². The normalized spacial score (nSPS) is 12.8. The van der Waals surface area contributed by atoms with Crippen molar-refractivity contribution in [3.05, 3.63) is 42.0 Å². The highest BCUT2D eigenvalue weighted by Gasteiger charge is 2.31. The number of hydrogen-bond donors (Lipinski definition) is 0. The van der Waals surface area contributed by atoms with Crippen LogP contribution in [0.5, 0.6) is 17.2 Å². The van der Waals surface area contributed by atoms with Crippen LogP contribution in [0.3, 0.4) is 0 Å². The van der Waals surface area contributed by atoms with Crippen LogP contribution in [0.4, 0.5) is 13.2 Å². The van der Waals surface area contributed by atoms with Gasteiger partial charge in [0.15, 0.2) is 11.5 Å². The second-order valence-electron chi connectivity index (χ2n) is 4.47. The van der Waals surface area contributed by atoms with Crippen LogP contribution in [-0.2, 0) is 0 Å². The summed E-state index contributed by atoms with van der Waals surface area (Å²) < 4.78 is 51.4. The van der Waals surface area contributed by atoms with Gasteiger partial charge in [0.2, 0.25) is 6.79 Å². The summed E-state index contributed by atoms with van der Waals surface area (Å²) in [7, 11) is 0. The molecule has 0 bridgehead atoms. The molecule has 2 aromatic rings. The number of hydrogen-bond acceptors (Lipinski definition) is 3. The van der Waals surface area contributed by atoms with Crippen molar-refractivity contribution in [3.63, 3.8) is 0 Å². The Morgan fingerprint density at radius 3 is 2.50 bits per heavy atom. The van der Waals surface area contributed by atoms with Crippen LogP contribution in [0.25, 0.3) is 11.1 Å². The lowest BCUT2D eigenvalue weighted by Gasteiger charge is -2.11. The average Bonchev–Trinajstić information content (AvgIpc) is 2.91. The smallest absolute Gasteiger partial charge is 0.454 e. The highest BCUT2D eigenvalue weighted by Crippen LogP contribution is 2.39. The van der Waals surface area contributed by atoms with Crippen LogP contribution in [0.2, 0.25) is 0 Å². The molecule has 0 saturated carbocycles. The largest absolute Gasteiger partial charge is 0.573 e. The van der Waals surface area contributed by atoms with Gasteiger partial charge in [0.1, 0.15) is 5.75 Å². The van der Waals surface area contributed by atoms with Crippen molar-refractivity contribution in [1.82, 2.24) is 0 Å². The van der Waals surface area contributed by atoms with E-state index in [1.807, 2.05) is 0 Å². The van der Waals surface area contributed by atoms with Gasteiger partial charge in [-0.05, 0) is 23.8 Å². The van der Waals surface area contributed by atoms with Crippen molar-refractivity contribution in [3.8, 4) is 40.7 Å². The predicted molar refractivity (Wildman–Crippen MR) is 72.6 cm³/mol. The summed E-state index contributed by atoms with van der Waals surface area (Å²) in [5, 5.41) is 0. The van der Waals surface area contributed by atoms with Gasteiger partial charge in [-0.1, -0.05) is 18.1 Å². The molecule has 3 rings (SSSR count). The highest BCUT2D eigenvalue weighted by molar-refractivity contribution is 5.75. The first-order valence-electron chi connectivity index (χ1n) is 6.23. The lowest BCUT2D eigenvalue weighted by molar-refractivity contribution is -0.274. The quantitative estimate of drug-likeness (QED) is 0.786. The molecule has 0 aliphatic carbocycles. The Morgan fingerprint density at radius 1 is 1.09 bits per heavy atom. The molecule has 0 N–H and O–H groups in total. The summed E-state index contributed by atoms with van der Waals surface area (Å²) >= 11 is 0. The maximum Gasteiger partial charge on any atom is 0.573 e. The van der Waals surface area contributed by atoms with E-state index in [1.54, 1.807) is 18.2 Å². The number of halogens is 3. The Kier molecular flexibility index (Phi) is 3.33. The molecular weight excluding hydrogens is 297 g/mol. The fourth-order valence-electron chi connectivity index (χ4n) is 2.16. The van der Waals surface area contributed by atoms with E-state index in [-0.39, 0.29) is 12.5 Å². The Morgan fingerprint density at radius 2 is 1.82 bits per heavy atom. The van der Waals surface area contributed by atoms with Crippen molar-refractivity contribution in [2.45, 2.75) is 6.36 Å². The molecule has 112 valence electrons. The van der Waals surface area contributed by atoms with E-state index in [2.05, 4.69) is 10.7 Å². The lowest BCUT2D eigenvalue weighted by atomic mass is 9.99. The molecule has 1 aliphatic rings. The van der Waals surface area contributed by atoms with E-state index in [1.165, 1.54) is 18.2 Å². The number of alkyl halides is 3. The molecule has 1 aliphatic heterocycles. The lowest BCUT2D eigenvalue weighted by Crippen LogP contribution is -2.17. The van der Waals surface area contributed by atoms with Crippen LogP contribution in [-0.4, -0.2) is 13.2 Å². The van der Waals surface area contributed by atoms with Gasteiger partial charge in [0.25, 0.3) is 0 Å². The average molecular weight is 306 g/mol. The molecule has 0 amide bonds. The van der Waals surface area contributed by atoms with Gasteiger partial charge in [0.05, 0.1) is 0 Å². The van der Waals surface area contributed by atoms with Gasteiger partial charge < -0.3 is 14.2 Å². The van der Waals surface area contributed by atoms with Gasteiger partial charge in [-0.15, -0.1) is 19.6 Å². The first-order chi connectivity index (χ1) is 10.5.